The maximum Gasteiger partial charge on any atom is 0.136 e. The number of nitrogens with zero attached hydrogens (tertiary/aromatic N) is 3. The molecule has 0 saturated heterocycles. The molecule has 0 amide bonds. The van der Waals surface area contributed by atoms with Crippen LogP contribution in [0.3, 0.4) is 0 Å². The maximum absolute atomic E-state index is 6.26. The van der Waals surface area contributed by atoms with Crippen LogP contribution < -0.4 is 0 Å². The smallest absolute Gasteiger partial charge is 0.136 e. The number of benzene rings is 1. The van der Waals surface area contributed by atoms with Gasteiger partial charge in [0.05, 0.1) is 18.3 Å². The monoisotopic (exact) mass is 355 g/mol. The number of hydrogen-bond acceptors (Lipinski definition) is 3. The minimum Gasteiger partial charge on any atom is -0.377 e. The number of fused-ring (bicyclic) bond motifs is 1. The summed E-state index contributed by atoms with van der Waals surface area (Å²) in [6.45, 7) is 0.902. The van der Waals surface area contributed by atoms with Crippen LogP contribution in [-0.2, 0) is 17.9 Å². The second kappa shape index (κ2) is 6.42. The van der Waals surface area contributed by atoms with E-state index in [0.717, 1.165) is 22.4 Å². The highest BCUT2D eigenvalue weighted by molar-refractivity contribution is 6.33. The average Bonchev–Trinajstić information content (AvgIpc) is 2.81. The lowest BCUT2D eigenvalue weighted by atomic mass is 10.2. The van der Waals surface area contributed by atoms with E-state index in [1.807, 2.05) is 10.6 Å². The highest BCUT2D eigenvalue weighted by Gasteiger charge is 2.13. The van der Waals surface area contributed by atoms with Crippen molar-refractivity contribution in [3.8, 4) is 0 Å². The summed E-state index contributed by atoms with van der Waals surface area (Å²) in [6, 6.07) is 7.16. The SMILES string of the molecule is COCc1nc2cnc(Cl)cc2n1Cc1cc(Cl)ccc1Cl. The minimum absolute atomic E-state index is 0.379. The topological polar surface area (TPSA) is 39.9 Å². The fourth-order valence-corrected chi connectivity index (χ4v) is 2.83. The number of imidazole rings is 1. The summed E-state index contributed by atoms with van der Waals surface area (Å²) in [5, 5.41) is 1.70. The molecule has 0 radical (unpaired) electrons. The van der Waals surface area contributed by atoms with Crippen LogP contribution in [0, 0.1) is 0 Å². The molecule has 0 atom stereocenters. The normalized spacial score (nSPS) is 11.3. The molecular formula is C15H12Cl3N3O. The molecule has 2 aromatic heterocycles. The Morgan fingerprint density at radius 2 is 2.00 bits per heavy atom. The van der Waals surface area contributed by atoms with Crippen molar-refractivity contribution in [2.75, 3.05) is 7.11 Å². The lowest BCUT2D eigenvalue weighted by Gasteiger charge is -2.11. The van der Waals surface area contributed by atoms with E-state index in [0.29, 0.717) is 28.4 Å². The van der Waals surface area contributed by atoms with Gasteiger partial charge in [-0.15, -0.1) is 0 Å². The van der Waals surface area contributed by atoms with E-state index in [9.17, 15) is 0 Å². The molecule has 4 nitrogen and oxygen atoms in total. The summed E-state index contributed by atoms with van der Waals surface area (Å²) in [5.41, 5.74) is 2.54. The summed E-state index contributed by atoms with van der Waals surface area (Å²) in [7, 11) is 1.63. The van der Waals surface area contributed by atoms with Gasteiger partial charge < -0.3 is 9.30 Å². The third-order valence-corrected chi connectivity index (χ3v) is 4.10. The second-order valence-corrected chi connectivity index (χ2v) is 6.01. The van der Waals surface area contributed by atoms with Crippen LogP contribution in [0.25, 0.3) is 11.0 Å². The quantitative estimate of drug-likeness (QED) is 0.642. The van der Waals surface area contributed by atoms with E-state index in [4.69, 9.17) is 39.5 Å². The molecule has 0 aliphatic heterocycles. The molecule has 0 aliphatic rings. The van der Waals surface area contributed by atoms with Crippen molar-refractivity contribution in [2.45, 2.75) is 13.2 Å². The van der Waals surface area contributed by atoms with Gasteiger partial charge in [0, 0.05) is 23.2 Å². The molecule has 3 aromatic rings. The number of halogens is 3. The maximum atomic E-state index is 6.26. The van der Waals surface area contributed by atoms with Gasteiger partial charge in [0.1, 0.15) is 23.1 Å². The van der Waals surface area contributed by atoms with Crippen molar-refractivity contribution in [3.05, 3.63) is 57.0 Å². The molecule has 7 heteroatoms. The molecule has 2 heterocycles. The van der Waals surface area contributed by atoms with Crippen molar-refractivity contribution < 1.29 is 4.74 Å². The Kier molecular flexibility index (Phi) is 4.54. The van der Waals surface area contributed by atoms with Gasteiger partial charge in [-0.3, -0.25) is 0 Å². The Balaban J connectivity index is 2.13. The van der Waals surface area contributed by atoms with Crippen LogP contribution in [0.5, 0.6) is 0 Å². The molecular weight excluding hydrogens is 345 g/mol. The van der Waals surface area contributed by atoms with Crippen LogP contribution in [0.2, 0.25) is 15.2 Å². The zero-order valence-electron chi connectivity index (χ0n) is 11.7. The van der Waals surface area contributed by atoms with Crippen LogP contribution in [-0.4, -0.2) is 21.6 Å². The van der Waals surface area contributed by atoms with E-state index in [1.165, 1.54) is 0 Å². The number of hydrogen-bond donors (Lipinski definition) is 0. The number of aromatic nitrogens is 3. The molecule has 0 aliphatic carbocycles. The fraction of sp³-hybridized carbons (Fsp3) is 0.200. The summed E-state index contributed by atoms with van der Waals surface area (Å²) in [6.07, 6.45) is 1.65. The highest BCUT2D eigenvalue weighted by atomic mass is 35.5. The second-order valence-electron chi connectivity index (χ2n) is 4.78. The van der Waals surface area contributed by atoms with Crippen molar-refractivity contribution >= 4 is 45.8 Å². The summed E-state index contributed by atoms with van der Waals surface area (Å²) in [4.78, 5) is 8.59. The Hall–Kier alpha value is -1.33. The van der Waals surface area contributed by atoms with Crippen LogP contribution in [0.15, 0.2) is 30.5 Å². The first kappa shape index (κ1) is 15.6. The number of ether oxygens (including phenoxy) is 1. The van der Waals surface area contributed by atoms with E-state index in [-0.39, 0.29) is 0 Å². The minimum atomic E-state index is 0.379. The highest BCUT2D eigenvalue weighted by Crippen LogP contribution is 2.25. The van der Waals surface area contributed by atoms with E-state index < -0.39 is 0 Å². The van der Waals surface area contributed by atoms with E-state index in [2.05, 4.69) is 9.97 Å². The van der Waals surface area contributed by atoms with Gasteiger partial charge >= 0.3 is 0 Å². The molecule has 22 heavy (non-hydrogen) atoms. The van der Waals surface area contributed by atoms with Crippen LogP contribution in [0.1, 0.15) is 11.4 Å². The Labute approximate surface area is 142 Å². The molecule has 0 fully saturated rings. The van der Waals surface area contributed by atoms with Gasteiger partial charge in [0.25, 0.3) is 0 Å². The molecule has 0 unspecified atom stereocenters. The number of pyridine rings is 1. The summed E-state index contributed by atoms with van der Waals surface area (Å²) < 4.78 is 7.23. The van der Waals surface area contributed by atoms with Crippen molar-refractivity contribution in [3.63, 3.8) is 0 Å². The zero-order valence-corrected chi connectivity index (χ0v) is 14.0. The molecule has 0 bridgehead atoms. The Morgan fingerprint density at radius 1 is 1.18 bits per heavy atom. The molecule has 0 saturated carbocycles. The van der Waals surface area contributed by atoms with Gasteiger partial charge in [0.15, 0.2) is 0 Å². The standard InChI is InChI=1S/C15H12Cl3N3O/c1-22-8-15-20-12-6-19-14(18)5-13(12)21(15)7-9-4-10(16)2-3-11(9)17/h2-6H,7-8H2,1H3. The first-order chi connectivity index (χ1) is 10.6. The lowest BCUT2D eigenvalue weighted by molar-refractivity contribution is 0.175. The van der Waals surface area contributed by atoms with Crippen molar-refractivity contribution in [1.82, 2.24) is 14.5 Å². The Morgan fingerprint density at radius 3 is 2.77 bits per heavy atom. The van der Waals surface area contributed by atoms with Gasteiger partial charge in [0.2, 0.25) is 0 Å². The largest absolute Gasteiger partial charge is 0.377 e. The average molecular weight is 357 g/mol. The van der Waals surface area contributed by atoms with Crippen molar-refractivity contribution in [1.29, 1.82) is 0 Å². The van der Waals surface area contributed by atoms with Gasteiger partial charge in [-0.05, 0) is 23.8 Å². The van der Waals surface area contributed by atoms with Gasteiger partial charge in [-0.25, -0.2) is 9.97 Å². The van der Waals surface area contributed by atoms with E-state index >= 15 is 0 Å². The fourth-order valence-electron chi connectivity index (χ4n) is 2.30. The van der Waals surface area contributed by atoms with Crippen LogP contribution >= 0.6 is 34.8 Å². The Bertz CT molecular complexity index is 832. The molecule has 114 valence electrons. The predicted octanol–water partition coefficient (Wildman–Crippen LogP) is 4.59. The molecule has 3 rings (SSSR count). The third kappa shape index (κ3) is 3.06. The first-order valence-electron chi connectivity index (χ1n) is 6.52. The number of methoxy groups -OCH3 is 1. The summed E-state index contributed by atoms with van der Waals surface area (Å²) in [5.74, 6) is 0.776. The molecule has 0 spiro atoms. The third-order valence-electron chi connectivity index (χ3n) is 3.29. The first-order valence-corrected chi connectivity index (χ1v) is 7.65. The van der Waals surface area contributed by atoms with Gasteiger partial charge in [-0.1, -0.05) is 34.8 Å². The predicted molar refractivity (Wildman–Crippen MR) is 88.8 cm³/mol. The van der Waals surface area contributed by atoms with Crippen molar-refractivity contribution in [2.24, 2.45) is 0 Å². The molecule has 1 aromatic carbocycles. The van der Waals surface area contributed by atoms with Crippen LogP contribution in [0.4, 0.5) is 0 Å². The number of rotatable bonds is 4. The molecule has 0 N–H and O–H groups in total. The summed E-state index contributed by atoms with van der Waals surface area (Å²) >= 11 is 18.3. The van der Waals surface area contributed by atoms with Gasteiger partial charge in [-0.2, -0.15) is 0 Å². The lowest BCUT2D eigenvalue weighted by Crippen LogP contribution is -2.06. The van der Waals surface area contributed by atoms with E-state index in [1.54, 1.807) is 31.5 Å². The zero-order chi connectivity index (χ0) is 15.7.